The predicted octanol–water partition coefficient (Wildman–Crippen LogP) is 2.99. The van der Waals surface area contributed by atoms with Gasteiger partial charge in [0.1, 0.15) is 0 Å². The van der Waals surface area contributed by atoms with Crippen LogP contribution in [0.3, 0.4) is 0 Å². The smallest absolute Gasteiger partial charge is 0.221 e. The van der Waals surface area contributed by atoms with Crippen molar-refractivity contribution in [1.82, 2.24) is 10.6 Å². The Balaban J connectivity index is 1.74. The van der Waals surface area contributed by atoms with E-state index in [2.05, 4.69) is 17.6 Å². The molecule has 0 aromatic rings. The maximum absolute atomic E-state index is 12.2. The van der Waals surface area contributed by atoms with Crippen molar-refractivity contribution in [1.29, 1.82) is 0 Å². The molecule has 2 N–H and O–H groups in total. The van der Waals surface area contributed by atoms with E-state index < -0.39 is 0 Å². The zero-order valence-electron chi connectivity index (χ0n) is 12.4. The predicted molar refractivity (Wildman–Crippen MR) is 79.1 cm³/mol. The molecule has 2 rings (SSSR count). The number of carbonyl (C=O) groups excluding carboxylic acids is 1. The van der Waals surface area contributed by atoms with Crippen LogP contribution in [0.2, 0.25) is 0 Å². The fraction of sp³-hybridized carbons (Fsp3) is 0.938. The van der Waals surface area contributed by atoms with Crippen molar-refractivity contribution >= 4 is 5.91 Å². The average Bonchev–Trinajstić information content (AvgIpc) is 2.47. The van der Waals surface area contributed by atoms with Crippen LogP contribution in [0, 0.1) is 5.92 Å². The van der Waals surface area contributed by atoms with E-state index in [9.17, 15) is 4.79 Å². The zero-order valence-corrected chi connectivity index (χ0v) is 12.4. The number of nitrogens with one attached hydrogen (secondary N) is 2. The van der Waals surface area contributed by atoms with Gasteiger partial charge in [-0.25, -0.2) is 0 Å². The molecule has 1 saturated carbocycles. The summed E-state index contributed by atoms with van der Waals surface area (Å²) in [6.45, 7) is 3.29. The summed E-state index contributed by atoms with van der Waals surface area (Å²) in [6.07, 6.45) is 12.1. The van der Waals surface area contributed by atoms with Gasteiger partial charge in [-0.1, -0.05) is 32.6 Å². The van der Waals surface area contributed by atoms with Gasteiger partial charge in [-0.15, -0.1) is 0 Å². The molecular formula is C16H30N2O. The van der Waals surface area contributed by atoms with Gasteiger partial charge in [0.2, 0.25) is 5.91 Å². The van der Waals surface area contributed by atoms with E-state index >= 15 is 0 Å². The monoisotopic (exact) mass is 266 g/mol. The highest BCUT2D eigenvalue weighted by molar-refractivity contribution is 5.76. The molecule has 1 amide bonds. The fourth-order valence-electron chi connectivity index (χ4n) is 3.68. The molecule has 0 bridgehead atoms. The fourth-order valence-corrected chi connectivity index (χ4v) is 3.68. The summed E-state index contributed by atoms with van der Waals surface area (Å²) in [5.41, 5.74) is 0. The van der Waals surface area contributed by atoms with Crippen LogP contribution in [0.25, 0.3) is 0 Å². The number of rotatable bonds is 5. The lowest BCUT2D eigenvalue weighted by atomic mass is 9.83. The van der Waals surface area contributed by atoms with Gasteiger partial charge in [0.05, 0.1) is 0 Å². The number of carbonyl (C=O) groups is 1. The Morgan fingerprint density at radius 1 is 1.16 bits per heavy atom. The summed E-state index contributed by atoms with van der Waals surface area (Å²) in [7, 11) is 0. The molecule has 19 heavy (non-hydrogen) atoms. The maximum Gasteiger partial charge on any atom is 0.221 e. The normalized spacial score (nSPS) is 26.9. The summed E-state index contributed by atoms with van der Waals surface area (Å²) in [5.74, 6) is 0.985. The summed E-state index contributed by atoms with van der Waals surface area (Å²) < 4.78 is 0. The van der Waals surface area contributed by atoms with Gasteiger partial charge < -0.3 is 10.6 Å². The molecule has 3 nitrogen and oxygen atoms in total. The van der Waals surface area contributed by atoms with E-state index in [0.717, 1.165) is 25.3 Å². The maximum atomic E-state index is 12.2. The van der Waals surface area contributed by atoms with Crippen molar-refractivity contribution < 1.29 is 4.79 Å². The molecular weight excluding hydrogens is 236 g/mol. The first kappa shape index (κ1) is 14.8. The van der Waals surface area contributed by atoms with Gasteiger partial charge in [-0.3, -0.25) is 4.79 Å². The van der Waals surface area contributed by atoms with Crippen molar-refractivity contribution in [3.05, 3.63) is 0 Å². The summed E-state index contributed by atoms with van der Waals surface area (Å²) >= 11 is 0. The molecule has 1 heterocycles. The van der Waals surface area contributed by atoms with Gasteiger partial charge in [-0.05, 0) is 44.6 Å². The second-order valence-electron chi connectivity index (χ2n) is 6.33. The number of hydrogen-bond acceptors (Lipinski definition) is 2. The van der Waals surface area contributed by atoms with Crippen LogP contribution in [0.4, 0.5) is 0 Å². The zero-order chi connectivity index (χ0) is 13.5. The largest absolute Gasteiger partial charge is 0.353 e. The van der Waals surface area contributed by atoms with Crippen LogP contribution in [0.15, 0.2) is 0 Å². The molecule has 0 aromatic carbocycles. The van der Waals surface area contributed by atoms with Crippen LogP contribution in [-0.2, 0) is 4.79 Å². The summed E-state index contributed by atoms with van der Waals surface area (Å²) in [4.78, 5) is 12.2. The third kappa shape index (κ3) is 4.79. The van der Waals surface area contributed by atoms with Gasteiger partial charge in [0.25, 0.3) is 0 Å². The molecule has 2 unspecified atom stereocenters. The molecule has 2 aliphatic rings. The molecule has 0 spiro atoms. The Hall–Kier alpha value is -0.570. The molecule has 1 aliphatic carbocycles. The van der Waals surface area contributed by atoms with Crippen LogP contribution in [-0.4, -0.2) is 24.5 Å². The van der Waals surface area contributed by atoms with Crippen molar-refractivity contribution in [2.45, 2.75) is 83.2 Å². The molecule has 1 aliphatic heterocycles. The molecule has 2 fully saturated rings. The highest BCUT2D eigenvalue weighted by Crippen LogP contribution is 2.27. The van der Waals surface area contributed by atoms with Crippen molar-refractivity contribution in [3.8, 4) is 0 Å². The Labute approximate surface area is 117 Å². The van der Waals surface area contributed by atoms with E-state index in [1.165, 1.54) is 44.9 Å². The van der Waals surface area contributed by atoms with Crippen molar-refractivity contribution in [3.63, 3.8) is 0 Å². The van der Waals surface area contributed by atoms with E-state index in [1.54, 1.807) is 0 Å². The molecule has 1 saturated heterocycles. The highest BCUT2D eigenvalue weighted by Gasteiger charge is 2.24. The topological polar surface area (TPSA) is 41.1 Å². The van der Waals surface area contributed by atoms with Crippen LogP contribution in [0.5, 0.6) is 0 Å². The van der Waals surface area contributed by atoms with Gasteiger partial charge in [0, 0.05) is 18.5 Å². The Bertz CT molecular complexity index is 268. The standard InChI is InChI=1S/C16H30N2O/c1-2-15(13-8-4-3-5-9-13)18-16(19)12-14-10-6-7-11-17-14/h13-15,17H,2-12H2,1H3,(H,18,19). The molecule has 3 heteroatoms. The Kier molecular flexibility index (Phi) is 6.15. The second kappa shape index (κ2) is 7.88. The third-order valence-electron chi connectivity index (χ3n) is 4.85. The minimum atomic E-state index is 0.261. The first-order chi connectivity index (χ1) is 9.29. The van der Waals surface area contributed by atoms with Gasteiger partial charge in [-0.2, -0.15) is 0 Å². The summed E-state index contributed by atoms with van der Waals surface area (Å²) in [5, 5.41) is 6.76. The van der Waals surface area contributed by atoms with Crippen LogP contribution in [0.1, 0.15) is 71.1 Å². The lowest BCUT2D eigenvalue weighted by Gasteiger charge is -2.31. The van der Waals surface area contributed by atoms with Gasteiger partial charge in [0.15, 0.2) is 0 Å². The van der Waals surface area contributed by atoms with E-state index in [-0.39, 0.29) is 5.91 Å². The molecule has 0 radical (unpaired) electrons. The Morgan fingerprint density at radius 2 is 1.89 bits per heavy atom. The number of hydrogen-bond donors (Lipinski definition) is 2. The van der Waals surface area contributed by atoms with E-state index in [4.69, 9.17) is 0 Å². The molecule has 110 valence electrons. The first-order valence-corrected chi connectivity index (χ1v) is 8.32. The van der Waals surface area contributed by atoms with Crippen LogP contribution >= 0.6 is 0 Å². The number of amides is 1. The van der Waals surface area contributed by atoms with E-state index in [1.807, 2.05) is 0 Å². The minimum absolute atomic E-state index is 0.261. The number of piperidine rings is 1. The minimum Gasteiger partial charge on any atom is -0.353 e. The van der Waals surface area contributed by atoms with Crippen molar-refractivity contribution in [2.24, 2.45) is 5.92 Å². The molecule has 2 atom stereocenters. The highest BCUT2D eigenvalue weighted by atomic mass is 16.1. The lowest BCUT2D eigenvalue weighted by molar-refractivity contribution is -0.122. The molecule has 0 aromatic heterocycles. The SMILES string of the molecule is CCC(NC(=O)CC1CCCCN1)C1CCCCC1. The quantitative estimate of drug-likeness (QED) is 0.803. The Morgan fingerprint density at radius 3 is 2.53 bits per heavy atom. The van der Waals surface area contributed by atoms with Gasteiger partial charge >= 0.3 is 0 Å². The second-order valence-corrected chi connectivity index (χ2v) is 6.33. The average molecular weight is 266 g/mol. The first-order valence-electron chi connectivity index (χ1n) is 8.32. The summed E-state index contributed by atoms with van der Waals surface area (Å²) in [6, 6.07) is 0.828. The lowest BCUT2D eigenvalue weighted by Crippen LogP contribution is -2.44. The van der Waals surface area contributed by atoms with Crippen molar-refractivity contribution in [2.75, 3.05) is 6.54 Å². The third-order valence-corrected chi connectivity index (χ3v) is 4.85. The van der Waals surface area contributed by atoms with E-state index in [0.29, 0.717) is 18.5 Å². The van der Waals surface area contributed by atoms with Crippen LogP contribution < -0.4 is 10.6 Å².